The van der Waals surface area contributed by atoms with E-state index < -0.39 is 0 Å². The normalized spacial score (nSPS) is 28.4. The van der Waals surface area contributed by atoms with Gasteiger partial charge in [0.05, 0.1) is 0 Å². The van der Waals surface area contributed by atoms with Crippen molar-refractivity contribution in [2.24, 2.45) is 11.3 Å². The number of rotatable bonds is 3. The van der Waals surface area contributed by atoms with Crippen LogP contribution in [0.15, 0.2) is 18.2 Å². The van der Waals surface area contributed by atoms with Crippen molar-refractivity contribution in [3.8, 4) is 0 Å². The van der Waals surface area contributed by atoms with E-state index in [-0.39, 0.29) is 23.1 Å². The van der Waals surface area contributed by atoms with Crippen molar-refractivity contribution in [2.45, 2.75) is 39.2 Å². The van der Waals surface area contributed by atoms with E-state index in [0.29, 0.717) is 0 Å². The van der Waals surface area contributed by atoms with Crippen molar-refractivity contribution in [1.29, 1.82) is 0 Å². The summed E-state index contributed by atoms with van der Waals surface area (Å²) in [6, 6.07) is 5.01. The van der Waals surface area contributed by atoms with Crippen LogP contribution in [0.25, 0.3) is 0 Å². The molecule has 22 heavy (non-hydrogen) atoms. The molecular formula is C18H25FN2O. The summed E-state index contributed by atoms with van der Waals surface area (Å²) in [5.41, 5.74) is 2.34. The van der Waals surface area contributed by atoms with Gasteiger partial charge in [-0.05, 0) is 61.4 Å². The second-order valence-electron chi connectivity index (χ2n) is 6.95. The number of carbonyl (C=O) groups is 1. The number of nitrogens with one attached hydrogen (secondary N) is 1. The average molecular weight is 304 g/mol. The van der Waals surface area contributed by atoms with E-state index in [1.54, 1.807) is 13.1 Å². The largest absolute Gasteiger partial charge is 0.359 e. The van der Waals surface area contributed by atoms with Crippen LogP contribution >= 0.6 is 0 Å². The van der Waals surface area contributed by atoms with Crippen LogP contribution < -0.4 is 5.32 Å². The Balaban J connectivity index is 1.72. The van der Waals surface area contributed by atoms with Gasteiger partial charge in [-0.2, -0.15) is 0 Å². The Kier molecular flexibility index (Phi) is 4.22. The molecule has 3 rings (SSSR count). The molecule has 1 saturated carbocycles. The van der Waals surface area contributed by atoms with Crippen molar-refractivity contribution in [2.75, 3.05) is 20.1 Å². The van der Waals surface area contributed by atoms with E-state index in [0.717, 1.165) is 56.4 Å². The lowest BCUT2D eigenvalue weighted by Crippen LogP contribution is -2.39. The molecule has 1 amide bonds. The van der Waals surface area contributed by atoms with Gasteiger partial charge in [0.25, 0.3) is 0 Å². The maximum atomic E-state index is 13.5. The lowest BCUT2D eigenvalue weighted by Gasteiger charge is -2.30. The zero-order valence-corrected chi connectivity index (χ0v) is 13.5. The Morgan fingerprint density at radius 2 is 2.27 bits per heavy atom. The van der Waals surface area contributed by atoms with E-state index in [9.17, 15) is 9.18 Å². The molecule has 0 bridgehead atoms. The maximum Gasteiger partial charge on any atom is 0.223 e. The number of amides is 1. The molecule has 120 valence electrons. The first-order valence-electron chi connectivity index (χ1n) is 8.23. The van der Waals surface area contributed by atoms with Crippen LogP contribution in [-0.4, -0.2) is 30.9 Å². The van der Waals surface area contributed by atoms with Crippen molar-refractivity contribution >= 4 is 5.91 Å². The van der Waals surface area contributed by atoms with Crippen LogP contribution in [0.3, 0.4) is 0 Å². The summed E-state index contributed by atoms with van der Waals surface area (Å²) in [7, 11) is 1.73. The van der Waals surface area contributed by atoms with E-state index in [2.05, 4.69) is 10.2 Å². The number of nitrogens with zero attached hydrogens (tertiary/aromatic N) is 1. The lowest BCUT2D eigenvalue weighted by atomic mass is 9.76. The number of hydrogen-bond donors (Lipinski definition) is 1. The maximum absolute atomic E-state index is 13.5. The van der Waals surface area contributed by atoms with Gasteiger partial charge >= 0.3 is 0 Å². The third-order valence-corrected chi connectivity index (χ3v) is 5.64. The average Bonchev–Trinajstić information content (AvgIpc) is 3.10. The summed E-state index contributed by atoms with van der Waals surface area (Å²) >= 11 is 0. The predicted octanol–water partition coefficient (Wildman–Crippen LogP) is 2.87. The van der Waals surface area contributed by atoms with Crippen molar-refractivity contribution in [3.05, 3.63) is 35.1 Å². The van der Waals surface area contributed by atoms with E-state index in [1.165, 1.54) is 6.07 Å². The van der Waals surface area contributed by atoms with Crippen LogP contribution in [0.2, 0.25) is 0 Å². The van der Waals surface area contributed by atoms with Crippen LogP contribution in [-0.2, 0) is 11.3 Å². The SMILES string of the molecule is CNC(=O)C1CCCC12CCN(Cc1cc(F)ccc1C)C2. The molecule has 1 aliphatic carbocycles. The molecule has 3 nitrogen and oxygen atoms in total. The molecule has 2 unspecified atom stereocenters. The molecule has 1 saturated heterocycles. The van der Waals surface area contributed by atoms with Crippen LogP contribution in [0.4, 0.5) is 4.39 Å². The quantitative estimate of drug-likeness (QED) is 0.931. The summed E-state index contributed by atoms with van der Waals surface area (Å²) in [6.45, 7) is 4.78. The van der Waals surface area contributed by atoms with Gasteiger partial charge in [0, 0.05) is 26.1 Å². The minimum atomic E-state index is -0.168. The van der Waals surface area contributed by atoms with Crippen molar-refractivity contribution < 1.29 is 9.18 Å². The number of hydrogen-bond acceptors (Lipinski definition) is 2. The molecule has 1 N–H and O–H groups in total. The van der Waals surface area contributed by atoms with Gasteiger partial charge in [-0.25, -0.2) is 4.39 Å². The van der Waals surface area contributed by atoms with Crippen molar-refractivity contribution in [1.82, 2.24) is 10.2 Å². The van der Waals surface area contributed by atoms with E-state index in [1.807, 2.05) is 13.0 Å². The highest BCUT2D eigenvalue weighted by atomic mass is 19.1. The molecule has 0 radical (unpaired) electrons. The fourth-order valence-electron chi connectivity index (χ4n) is 4.38. The van der Waals surface area contributed by atoms with Crippen LogP contribution in [0.5, 0.6) is 0 Å². The molecule has 2 fully saturated rings. The van der Waals surface area contributed by atoms with Gasteiger partial charge in [-0.1, -0.05) is 12.5 Å². The topological polar surface area (TPSA) is 32.3 Å². The minimum Gasteiger partial charge on any atom is -0.359 e. The summed E-state index contributed by atoms with van der Waals surface area (Å²) in [6.07, 6.45) is 4.38. The van der Waals surface area contributed by atoms with Gasteiger partial charge in [-0.15, -0.1) is 0 Å². The first-order chi connectivity index (χ1) is 10.5. The summed E-state index contributed by atoms with van der Waals surface area (Å²) in [5.74, 6) is 0.177. The summed E-state index contributed by atoms with van der Waals surface area (Å²) < 4.78 is 13.5. The Morgan fingerprint density at radius 3 is 3.05 bits per heavy atom. The third-order valence-electron chi connectivity index (χ3n) is 5.64. The Bertz CT molecular complexity index is 574. The van der Waals surface area contributed by atoms with Crippen LogP contribution in [0.1, 0.15) is 36.8 Å². The highest BCUT2D eigenvalue weighted by Crippen LogP contribution is 2.50. The highest BCUT2D eigenvalue weighted by Gasteiger charge is 2.49. The molecule has 2 atom stereocenters. The first kappa shape index (κ1) is 15.5. The van der Waals surface area contributed by atoms with Crippen LogP contribution in [0, 0.1) is 24.1 Å². The number of carbonyl (C=O) groups excluding carboxylic acids is 1. The fourth-order valence-corrected chi connectivity index (χ4v) is 4.38. The molecule has 1 aromatic carbocycles. The number of likely N-dealkylation sites (tertiary alicyclic amines) is 1. The highest BCUT2D eigenvalue weighted by molar-refractivity contribution is 5.79. The Labute approximate surface area is 131 Å². The molecule has 4 heteroatoms. The number of halogens is 1. The summed E-state index contributed by atoms with van der Waals surface area (Å²) in [5, 5.41) is 2.83. The Morgan fingerprint density at radius 1 is 1.45 bits per heavy atom. The standard InChI is InChI=1S/C18H25FN2O/c1-13-5-6-15(19)10-14(13)11-21-9-8-18(12-21)7-3-4-16(18)17(22)20-2/h5-6,10,16H,3-4,7-9,11-12H2,1-2H3,(H,20,22). The second kappa shape index (κ2) is 5.99. The molecule has 2 aliphatic rings. The van der Waals surface area contributed by atoms with Gasteiger partial charge < -0.3 is 5.32 Å². The third kappa shape index (κ3) is 2.76. The molecule has 1 spiro atoms. The molecular weight excluding hydrogens is 279 g/mol. The number of benzene rings is 1. The van der Waals surface area contributed by atoms with Gasteiger partial charge in [0.15, 0.2) is 0 Å². The fraction of sp³-hybridized carbons (Fsp3) is 0.611. The Hall–Kier alpha value is -1.42. The lowest BCUT2D eigenvalue weighted by molar-refractivity contribution is -0.127. The van der Waals surface area contributed by atoms with E-state index >= 15 is 0 Å². The monoisotopic (exact) mass is 304 g/mol. The smallest absolute Gasteiger partial charge is 0.223 e. The zero-order chi connectivity index (χ0) is 15.7. The van der Waals surface area contributed by atoms with Gasteiger partial charge in [-0.3, -0.25) is 9.69 Å². The number of aryl methyl sites for hydroxylation is 1. The van der Waals surface area contributed by atoms with Gasteiger partial charge in [0.1, 0.15) is 5.82 Å². The summed E-state index contributed by atoms with van der Waals surface area (Å²) in [4.78, 5) is 14.6. The molecule has 1 aromatic rings. The van der Waals surface area contributed by atoms with E-state index in [4.69, 9.17) is 0 Å². The van der Waals surface area contributed by atoms with Gasteiger partial charge in [0.2, 0.25) is 5.91 Å². The molecule has 1 aliphatic heterocycles. The molecule has 0 aromatic heterocycles. The second-order valence-corrected chi connectivity index (χ2v) is 6.95. The minimum absolute atomic E-state index is 0.140. The predicted molar refractivity (Wildman–Crippen MR) is 84.9 cm³/mol. The molecule has 1 heterocycles. The zero-order valence-electron chi connectivity index (χ0n) is 13.5. The first-order valence-corrected chi connectivity index (χ1v) is 8.23. The van der Waals surface area contributed by atoms with Crippen molar-refractivity contribution in [3.63, 3.8) is 0 Å².